The van der Waals surface area contributed by atoms with Crippen LogP contribution in [-0.4, -0.2) is 58.4 Å². The number of hydrogen-bond donors (Lipinski definition) is 2. The van der Waals surface area contributed by atoms with Gasteiger partial charge >= 0.3 is 11.9 Å². The van der Waals surface area contributed by atoms with E-state index in [1.54, 1.807) is 19.1 Å². The quantitative estimate of drug-likeness (QED) is 0.400. The summed E-state index contributed by atoms with van der Waals surface area (Å²) in [5.74, 6) is -2.75. The Labute approximate surface area is 238 Å². The summed E-state index contributed by atoms with van der Waals surface area (Å²) in [5, 5.41) is 18.7. The molecule has 0 saturated heterocycles. The van der Waals surface area contributed by atoms with Gasteiger partial charge in [-0.1, -0.05) is 39.3 Å². The van der Waals surface area contributed by atoms with Crippen molar-refractivity contribution < 1.29 is 38.9 Å². The van der Waals surface area contributed by atoms with E-state index in [1.807, 2.05) is 32.6 Å². The first-order chi connectivity index (χ1) is 18.6. The molecule has 0 saturated carbocycles. The number of aliphatic carboxylic acids is 2. The Morgan fingerprint density at radius 3 is 1.95 bits per heavy atom. The van der Waals surface area contributed by atoms with Crippen LogP contribution in [0, 0.1) is 10.8 Å². The lowest BCUT2D eigenvalue weighted by Crippen LogP contribution is -2.45. The summed E-state index contributed by atoms with van der Waals surface area (Å²) in [4.78, 5) is 52.4. The zero-order valence-electron chi connectivity index (χ0n) is 23.6. The van der Waals surface area contributed by atoms with Crippen LogP contribution in [0.4, 0.5) is 0 Å². The first-order valence-corrected chi connectivity index (χ1v) is 13.8. The number of nitrogens with zero attached hydrogens (tertiary/aromatic N) is 1. The fourth-order valence-electron chi connectivity index (χ4n) is 6.15. The molecule has 1 aromatic carbocycles. The molecule has 0 unspecified atom stereocenters. The summed E-state index contributed by atoms with van der Waals surface area (Å²) in [6.45, 7) is 9.60. The van der Waals surface area contributed by atoms with Crippen LogP contribution in [0.25, 0.3) is 0 Å². The first kappa shape index (κ1) is 29.6. The van der Waals surface area contributed by atoms with Gasteiger partial charge in [0.2, 0.25) is 0 Å². The fourth-order valence-corrected chi connectivity index (χ4v) is 6.42. The van der Waals surface area contributed by atoms with Crippen molar-refractivity contribution in [3.8, 4) is 11.5 Å². The molecule has 0 radical (unpaired) electrons. The molecule has 1 aliphatic heterocycles. The van der Waals surface area contributed by atoms with Crippen molar-refractivity contribution in [2.75, 3.05) is 19.8 Å². The number of carbonyl (C=O) groups excluding carboxylic acids is 2. The van der Waals surface area contributed by atoms with Gasteiger partial charge in [0.05, 0.1) is 18.1 Å². The van der Waals surface area contributed by atoms with Gasteiger partial charge in [-0.05, 0) is 48.3 Å². The third-order valence-corrected chi connectivity index (χ3v) is 7.86. The van der Waals surface area contributed by atoms with Gasteiger partial charge in [0.15, 0.2) is 29.7 Å². The van der Waals surface area contributed by atoms with E-state index in [1.165, 1.54) is 0 Å². The van der Waals surface area contributed by atoms with E-state index in [9.17, 15) is 24.3 Å². The SMILES string of the molecule is CCOc1cc(C2C3=C(CC(C)(C)CC3=O)N(CCC(=O)O)C3=C2C(=O)CC(C)(C)C3)cc(Cl)c1OCC(=O)O. The molecule has 1 heterocycles. The number of carboxylic acids is 2. The highest BCUT2D eigenvalue weighted by Gasteiger charge is 2.49. The maximum Gasteiger partial charge on any atom is 0.341 e. The van der Waals surface area contributed by atoms with Crippen LogP contribution in [0.2, 0.25) is 5.02 Å². The molecule has 4 rings (SSSR count). The molecule has 40 heavy (non-hydrogen) atoms. The molecule has 0 aromatic heterocycles. The third-order valence-electron chi connectivity index (χ3n) is 7.58. The van der Waals surface area contributed by atoms with Crippen LogP contribution in [0.5, 0.6) is 11.5 Å². The molecule has 0 atom stereocenters. The van der Waals surface area contributed by atoms with Gasteiger partial charge in [0.25, 0.3) is 0 Å². The van der Waals surface area contributed by atoms with E-state index in [0.717, 1.165) is 11.4 Å². The van der Waals surface area contributed by atoms with E-state index in [4.69, 9.17) is 26.2 Å². The Hall–Kier alpha value is -3.33. The number of allylic oxidation sites excluding steroid dienone is 4. The van der Waals surface area contributed by atoms with Crippen LogP contribution in [0.3, 0.4) is 0 Å². The zero-order valence-corrected chi connectivity index (χ0v) is 24.3. The summed E-state index contributed by atoms with van der Waals surface area (Å²) >= 11 is 6.62. The average Bonchev–Trinajstić information content (AvgIpc) is 2.80. The summed E-state index contributed by atoms with van der Waals surface area (Å²) in [7, 11) is 0. The van der Waals surface area contributed by atoms with Gasteiger partial charge in [-0.3, -0.25) is 14.4 Å². The van der Waals surface area contributed by atoms with Gasteiger partial charge in [-0.15, -0.1) is 0 Å². The zero-order chi connectivity index (χ0) is 29.6. The molecular weight excluding hydrogens is 538 g/mol. The molecule has 0 bridgehead atoms. The number of Topliss-reactive ketones (excluding diaryl/α,β-unsaturated/α-hetero) is 2. The van der Waals surface area contributed by atoms with E-state index in [-0.39, 0.29) is 71.3 Å². The monoisotopic (exact) mass is 573 g/mol. The van der Waals surface area contributed by atoms with Gasteiger partial charge in [0, 0.05) is 47.8 Å². The van der Waals surface area contributed by atoms with E-state index in [2.05, 4.69) is 0 Å². The van der Waals surface area contributed by atoms with Crippen molar-refractivity contribution in [2.24, 2.45) is 10.8 Å². The van der Waals surface area contributed by atoms with Crippen molar-refractivity contribution >= 4 is 35.1 Å². The Kier molecular flexibility index (Phi) is 8.09. The van der Waals surface area contributed by atoms with E-state index >= 15 is 0 Å². The molecule has 216 valence electrons. The third kappa shape index (κ3) is 5.89. The van der Waals surface area contributed by atoms with Crippen molar-refractivity contribution in [1.82, 2.24) is 4.90 Å². The Morgan fingerprint density at radius 2 is 1.48 bits per heavy atom. The largest absolute Gasteiger partial charge is 0.490 e. The molecule has 9 nitrogen and oxygen atoms in total. The number of rotatable bonds is 9. The maximum atomic E-state index is 13.9. The average molecular weight is 574 g/mol. The molecule has 2 aliphatic carbocycles. The summed E-state index contributed by atoms with van der Waals surface area (Å²) < 4.78 is 11.2. The van der Waals surface area contributed by atoms with Crippen LogP contribution in [0.1, 0.15) is 78.2 Å². The summed E-state index contributed by atoms with van der Waals surface area (Å²) in [6.07, 6.45) is 1.51. The highest BCUT2D eigenvalue weighted by atomic mass is 35.5. The molecular formula is C30H36ClNO8. The molecule has 3 aliphatic rings. The van der Waals surface area contributed by atoms with Crippen molar-refractivity contribution in [1.29, 1.82) is 0 Å². The second kappa shape index (κ2) is 10.9. The minimum atomic E-state index is -1.17. The van der Waals surface area contributed by atoms with Crippen LogP contribution in [-0.2, 0) is 19.2 Å². The van der Waals surface area contributed by atoms with Crippen LogP contribution >= 0.6 is 11.6 Å². The van der Waals surface area contributed by atoms with Crippen molar-refractivity contribution in [3.05, 3.63) is 45.3 Å². The highest BCUT2D eigenvalue weighted by Crippen LogP contribution is 2.55. The number of carbonyl (C=O) groups is 4. The second-order valence-electron chi connectivity index (χ2n) is 12.3. The molecule has 0 spiro atoms. The van der Waals surface area contributed by atoms with Gasteiger partial charge in [0.1, 0.15) is 0 Å². The number of ether oxygens (including phenoxy) is 2. The highest BCUT2D eigenvalue weighted by molar-refractivity contribution is 6.32. The molecule has 10 heteroatoms. The lowest BCUT2D eigenvalue weighted by molar-refractivity contribution is -0.139. The van der Waals surface area contributed by atoms with E-state index in [0.29, 0.717) is 29.6 Å². The summed E-state index contributed by atoms with van der Waals surface area (Å²) in [5.41, 5.74) is 2.32. The fraction of sp³-hybridized carbons (Fsp3) is 0.533. The predicted molar refractivity (Wildman–Crippen MR) is 148 cm³/mol. The first-order valence-electron chi connectivity index (χ1n) is 13.5. The normalized spacial score (nSPS) is 20.3. The Balaban J connectivity index is 1.98. The molecule has 0 fully saturated rings. The van der Waals surface area contributed by atoms with Crippen molar-refractivity contribution in [3.63, 3.8) is 0 Å². The molecule has 0 amide bonds. The topological polar surface area (TPSA) is 130 Å². The van der Waals surface area contributed by atoms with Gasteiger partial charge in [-0.25, -0.2) is 4.79 Å². The smallest absolute Gasteiger partial charge is 0.341 e. The number of halogens is 1. The Morgan fingerprint density at radius 1 is 0.925 bits per heavy atom. The second-order valence-corrected chi connectivity index (χ2v) is 12.7. The number of benzene rings is 1. The standard InChI is InChI=1S/C30H36ClNO8/c1-6-39-22-10-16(9-17(31)28(22)40-15-24(37)38)25-26-18(11-29(2,3)13-20(26)33)32(8-7-23(35)36)19-12-30(4,5)14-21(34)27(19)25/h9-10,25H,6-8,11-15H2,1-5H3,(H,35,36)(H,37,38). The van der Waals surface area contributed by atoms with Crippen molar-refractivity contribution in [2.45, 2.75) is 72.6 Å². The number of ketones is 2. The Bertz CT molecular complexity index is 1290. The maximum absolute atomic E-state index is 13.9. The van der Waals surface area contributed by atoms with Gasteiger partial charge < -0.3 is 24.6 Å². The summed E-state index contributed by atoms with van der Waals surface area (Å²) in [6, 6.07) is 3.27. The minimum Gasteiger partial charge on any atom is -0.490 e. The number of hydrogen-bond acceptors (Lipinski definition) is 7. The molecule has 2 N–H and O–H groups in total. The minimum absolute atomic E-state index is 0.0733. The number of carboxylic acid groups (broad SMARTS) is 2. The molecule has 1 aromatic rings. The van der Waals surface area contributed by atoms with Crippen LogP contribution < -0.4 is 9.47 Å². The predicted octanol–water partition coefficient (Wildman–Crippen LogP) is 5.36. The van der Waals surface area contributed by atoms with Crippen LogP contribution in [0.15, 0.2) is 34.7 Å². The lowest BCUT2D eigenvalue weighted by Gasteiger charge is -2.49. The van der Waals surface area contributed by atoms with Gasteiger partial charge in [-0.2, -0.15) is 0 Å². The lowest BCUT2D eigenvalue weighted by atomic mass is 9.63. The van der Waals surface area contributed by atoms with E-state index < -0.39 is 24.5 Å².